The van der Waals surface area contributed by atoms with Crippen LogP contribution in [0.4, 0.5) is 5.69 Å². The maximum atomic E-state index is 12.8. The molecule has 6 heteroatoms. The third kappa shape index (κ3) is 5.68. The smallest absolute Gasteiger partial charge is 0.266 e. The van der Waals surface area contributed by atoms with E-state index in [1.807, 2.05) is 62.4 Å². The number of amides is 1. The Bertz CT molecular complexity index is 1520. The van der Waals surface area contributed by atoms with Crippen LogP contribution in [-0.2, 0) is 11.4 Å². The molecular weight excluding hydrogens is 472 g/mol. The number of nitriles is 1. The molecule has 0 aromatic heterocycles. The van der Waals surface area contributed by atoms with Gasteiger partial charge in [0.2, 0.25) is 0 Å². The number of ether oxygens (including phenoxy) is 2. The molecule has 180 valence electrons. The van der Waals surface area contributed by atoms with E-state index in [-0.39, 0.29) is 5.57 Å². The van der Waals surface area contributed by atoms with Gasteiger partial charge in [-0.2, -0.15) is 5.26 Å². The molecule has 0 atom stereocenters. The van der Waals surface area contributed by atoms with Crippen molar-refractivity contribution in [2.24, 2.45) is 0 Å². The van der Waals surface area contributed by atoms with Crippen molar-refractivity contribution in [2.75, 3.05) is 12.4 Å². The lowest BCUT2D eigenvalue weighted by Crippen LogP contribution is -2.14. The molecule has 0 saturated heterocycles. The molecule has 0 spiro atoms. The second kappa shape index (κ2) is 11.0. The lowest BCUT2D eigenvalue weighted by Gasteiger charge is -2.14. The highest BCUT2D eigenvalue weighted by Gasteiger charge is 2.15. The molecule has 1 N–H and O–H groups in total. The van der Waals surface area contributed by atoms with Crippen LogP contribution in [0.15, 0.2) is 78.4 Å². The van der Waals surface area contributed by atoms with Crippen LogP contribution < -0.4 is 14.8 Å². The van der Waals surface area contributed by atoms with Crippen LogP contribution in [0, 0.1) is 25.2 Å². The van der Waals surface area contributed by atoms with Crippen molar-refractivity contribution < 1.29 is 14.3 Å². The maximum Gasteiger partial charge on any atom is 0.266 e. The molecule has 0 heterocycles. The summed E-state index contributed by atoms with van der Waals surface area (Å²) in [6.45, 7) is 4.18. The second-order valence-electron chi connectivity index (χ2n) is 8.45. The van der Waals surface area contributed by atoms with Crippen molar-refractivity contribution in [3.8, 4) is 17.6 Å². The normalized spacial score (nSPS) is 11.1. The zero-order valence-corrected chi connectivity index (χ0v) is 21.0. The molecule has 0 bridgehead atoms. The summed E-state index contributed by atoms with van der Waals surface area (Å²) in [6, 6.07) is 25.2. The van der Waals surface area contributed by atoms with Crippen molar-refractivity contribution >= 4 is 40.0 Å². The summed E-state index contributed by atoms with van der Waals surface area (Å²) in [5.74, 6) is 0.292. The third-order valence-corrected chi connectivity index (χ3v) is 6.04. The van der Waals surface area contributed by atoms with Crippen molar-refractivity contribution in [1.29, 1.82) is 5.26 Å². The minimum atomic E-state index is -0.504. The van der Waals surface area contributed by atoms with Crippen LogP contribution in [0.2, 0.25) is 5.02 Å². The van der Waals surface area contributed by atoms with Gasteiger partial charge in [-0.25, -0.2) is 0 Å². The lowest BCUT2D eigenvalue weighted by atomic mass is 10.1. The quantitative estimate of drug-likeness (QED) is 0.216. The highest BCUT2D eigenvalue weighted by molar-refractivity contribution is 6.32. The molecule has 1 amide bonds. The number of hydrogen-bond acceptors (Lipinski definition) is 4. The molecule has 0 unspecified atom stereocenters. The molecule has 0 aliphatic carbocycles. The van der Waals surface area contributed by atoms with E-state index in [1.54, 1.807) is 12.1 Å². The minimum Gasteiger partial charge on any atom is -0.493 e. The Hall–Kier alpha value is -4.27. The number of rotatable bonds is 7. The predicted molar refractivity (Wildman–Crippen MR) is 144 cm³/mol. The minimum absolute atomic E-state index is 0.0575. The van der Waals surface area contributed by atoms with Gasteiger partial charge >= 0.3 is 0 Å². The molecule has 36 heavy (non-hydrogen) atoms. The van der Waals surface area contributed by atoms with Crippen LogP contribution in [0.3, 0.4) is 0 Å². The summed E-state index contributed by atoms with van der Waals surface area (Å²) in [5.41, 5.74) is 4.13. The number of methoxy groups -OCH3 is 1. The number of anilines is 1. The Morgan fingerprint density at radius 2 is 1.81 bits per heavy atom. The molecule has 0 fully saturated rings. The molecule has 4 aromatic rings. The van der Waals surface area contributed by atoms with Crippen molar-refractivity contribution in [3.63, 3.8) is 0 Å². The Kier molecular flexibility index (Phi) is 7.58. The Balaban J connectivity index is 1.54. The van der Waals surface area contributed by atoms with Gasteiger partial charge in [0, 0.05) is 5.69 Å². The summed E-state index contributed by atoms with van der Waals surface area (Å²) in [7, 11) is 1.51. The summed E-state index contributed by atoms with van der Waals surface area (Å²) in [5, 5.41) is 15.0. The first-order valence-electron chi connectivity index (χ1n) is 11.4. The molecule has 0 aliphatic heterocycles. The summed E-state index contributed by atoms with van der Waals surface area (Å²) < 4.78 is 11.5. The van der Waals surface area contributed by atoms with Crippen LogP contribution >= 0.6 is 11.6 Å². The van der Waals surface area contributed by atoms with E-state index in [9.17, 15) is 10.1 Å². The first kappa shape index (κ1) is 24.8. The fourth-order valence-electron chi connectivity index (χ4n) is 3.91. The van der Waals surface area contributed by atoms with E-state index in [0.29, 0.717) is 34.4 Å². The average molecular weight is 497 g/mol. The van der Waals surface area contributed by atoms with Gasteiger partial charge in [0.25, 0.3) is 5.91 Å². The fourth-order valence-corrected chi connectivity index (χ4v) is 4.18. The van der Waals surface area contributed by atoms with E-state index in [0.717, 1.165) is 27.5 Å². The monoisotopic (exact) mass is 496 g/mol. The average Bonchev–Trinajstić information content (AvgIpc) is 2.87. The number of hydrogen-bond donors (Lipinski definition) is 1. The van der Waals surface area contributed by atoms with Gasteiger partial charge < -0.3 is 14.8 Å². The van der Waals surface area contributed by atoms with E-state index in [4.69, 9.17) is 21.1 Å². The predicted octanol–water partition coefficient (Wildman–Crippen LogP) is 7.24. The highest BCUT2D eigenvalue weighted by atomic mass is 35.5. The van der Waals surface area contributed by atoms with Crippen molar-refractivity contribution in [2.45, 2.75) is 20.5 Å². The van der Waals surface area contributed by atoms with Crippen molar-refractivity contribution in [1.82, 2.24) is 0 Å². The van der Waals surface area contributed by atoms with Gasteiger partial charge in [0.1, 0.15) is 18.2 Å². The van der Waals surface area contributed by atoms with Crippen molar-refractivity contribution in [3.05, 3.63) is 106 Å². The number of carbonyl (C=O) groups excluding carboxylic acids is 1. The summed E-state index contributed by atoms with van der Waals surface area (Å²) >= 11 is 6.53. The molecule has 0 saturated carbocycles. The molecule has 0 radical (unpaired) electrons. The molecular formula is C30H25ClN2O3. The SMILES string of the molecule is COc1cc(/C=C(\C#N)C(=O)Nc2ccc(C)cc2C)cc(Cl)c1OCc1ccc2ccccc2c1. The number of aryl methyl sites for hydroxylation is 2. The van der Waals surface area contributed by atoms with Crippen LogP contribution in [0.5, 0.6) is 11.5 Å². The number of halogens is 1. The summed E-state index contributed by atoms with van der Waals surface area (Å²) in [4.78, 5) is 12.8. The second-order valence-corrected chi connectivity index (χ2v) is 8.85. The van der Waals surface area contributed by atoms with Crippen LogP contribution in [-0.4, -0.2) is 13.0 Å². The molecule has 5 nitrogen and oxygen atoms in total. The fraction of sp³-hybridized carbons (Fsp3) is 0.133. The summed E-state index contributed by atoms with van der Waals surface area (Å²) in [6.07, 6.45) is 1.47. The van der Waals surface area contributed by atoms with Gasteiger partial charge in [0.05, 0.1) is 12.1 Å². The van der Waals surface area contributed by atoms with Crippen LogP contribution in [0.25, 0.3) is 16.8 Å². The number of benzene rings is 4. The molecule has 0 aliphatic rings. The first-order valence-corrected chi connectivity index (χ1v) is 11.7. The van der Waals surface area contributed by atoms with Gasteiger partial charge in [-0.1, -0.05) is 65.7 Å². The molecule has 4 rings (SSSR count). The highest BCUT2D eigenvalue weighted by Crippen LogP contribution is 2.37. The van der Waals surface area contributed by atoms with E-state index >= 15 is 0 Å². The lowest BCUT2D eigenvalue weighted by molar-refractivity contribution is -0.112. The van der Waals surface area contributed by atoms with E-state index < -0.39 is 5.91 Å². The molecule has 4 aromatic carbocycles. The largest absolute Gasteiger partial charge is 0.493 e. The number of nitrogens with one attached hydrogen (secondary N) is 1. The zero-order chi connectivity index (χ0) is 25.7. The topological polar surface area (TPSA) is 71.3 Å². The van der Waals surface area contributed by atoms with E-state index in [1.165, 1.54) is 13.2 Å². The Morgan fingerprint density at radius 1 is 1.03 bits per heavy atom. The Morgan fingerprint density at radius 3 is 2.53 bits per heavy atom. The zero-order valence-electron chi connectivity index (χ0n) is 20.3. The number of nitrogens with zero attached hydrogens (tertiary/aromatic N) is 1. The number of fused-ring (bicyclic) bond motifs is 1. The number of carbonyl (C=O) groups is 1. The van der Waals surface area contributed by atoms with Gasteiger partial charge in [0.15, 0.2) is 11.5 Å². The first-order chi connectivity index (χ1) is 17.4. The van der Waals surface area contributed by atoms with Crippen LogP contribution in [0.1, 0.15) is 22.3 Å². The standard InChI is InChI=1S/C30H25ClN2O3/c1-19-8-11-27(20(2)12-19)33-30(34)25(17-32)14-22-15-26(31)29(28(16-22)35-3)36-18-21-9-10-23-6-4-5-7-24(23)13-21/h4-16H,18H2,1-3H3,(H,33,34)/b25-14+. The van der Waals surface area contributed by atoms with E-state index in [2.05, 4.69) is 23.5 Å². The third-order valence-electron chi connectivity index (χ3n) is 5.76. The van der Waals surface area contributed by atoms with Gasteiger partial charge in [-0.15, -0.1) is 0 Å². The van der Waals surface area contributed by atoms with Gasteiger partial charge in [-0.05, 0) is 71.7 Å². The van der Waals surface area contributed by atoms with Gasteiger partial charge in [-0.3, -0.25) is 4.79 Å². The maximum absolute atomic E-state index is 12.8. The Labute approximate surface area is 215 Å².